The normalized spacial score (nSPS) is 12.6. The monoisotopic (exact) mass is 361 g/mol. The molecule has 2 aromatic rings. The molecule has 0 spiro atoms. The van der Waals surface area contributed by atoms with Gasteiger partial charge in [-0.05, 0) is 47.1 Å². The minimum Gasteiger partial charge on any atom is -0.466 e. The Morgan fingerprint density at radius 2 is 1.95 bits per heavy atom. The highest BCUT2D eigenvalue weighted by Gasteiger charge is 2.24. The van der Waals surface area contributed by atoms with Gasteiger partial charge in [0.25, 0.3) is 0 Å². The first-order valence-electron chi connectivity index (χ1n) is 6.05. The smallest absolute Gasteiger partial charge is 0.139 e. The summed E-state index contributed by atoms with van der Waals surface area (Å²) in [6.45, 7) is 2.95. The van der Waals surface area contributed by atoms with Crippen molar-refractivity contribution in [1.29, 1.82) is 0 Å². The topological polar surface area (TPSA) is 25.2 Å². The molecule has 0 fully saturated rings. The molecule has 0 bridgehead atoms. The van der Waals surface area contributed by atoms with Gasteiger partial charge in [-0.1, -0.05) is 36.2 Å². The molecule has 2 nitrogen and oxygen atoms in total. The first kappa shape index (κ1) is 14.9. The molecule has 0 radical (unpaired) electrons. The summed E-state index contributed by atoms with van der Waals surface area (Å²) in [5, 5.41) is 4.68. The SMILES string of the molecule is CCCNC(c1occc1Br)c1c(Cl)cccc1Cl. The fraction of sp³-hybridized carbons (Fsp3) is 0.286. The Labute approximate surface area is 131 Å². The molecule has 1 atom stereocenters. The zero-order valence-corrected chi connectivity index (χ0v) is 13.5. The van der Waals surface area contributed by atoms with Crippen molar-refractivity contribution in [1.82, 2.24) is 5.32 Å². The van der Waals surface area contributed by atoms with Gasteiger partial charge in [-0.25, -0.2) is 0 Å². The molecule has 2 rings (SSSR count). The van der Waals surface area contributed by atoms with Gasteiger partial charge in [0.1, 0.15) is 5.76 Å². The standard InChI is InChI=1S/C14H14BrCl2NO/c1-2-7-18-13(14-9(15)6-8-19-14)12-10(16)4-3-5-11(12)17/h3-6,8,13,18H,2,7H2,1H3. The van der Waals surface area contributed by atoms with Gasteiger partial charge in [-0.3, -0.25) is 0 Å². The van der Waals surface area contributed by atoms with Crippen LogP contribution in [0.25, 0.3) is 0 Å². The predicted octanol–water partition coefficient (Wildman–Crippen LogP) is 5.44. The van der Waals surface area contributed by atoms with E-state index in [1.807, 2.05) is 24.3 Å². The fourth-order valence-corrected chi connectivity index (χ4v) is 2.96. The summed E-state index contributed by atoms with van der Waals surface area (Å²) in [6.07, 6.45) is 2.65. The van der Waals surface area contributed by atoms with Crippen molar-refractivity contribution in [3.05, 3.63) is 56.4 Å². The summed E-state index contributed by atoms with van der Waals surface area (Å²) in [5.41, 5.74) is 0.843. The van der Waals surface area contributed by atoms with Crippen LogP contribution in [-0.4, -0.2) is 6.54 Å². The minimum absolute atomic E-state index is 0.162. The molecule has 5 heteroatoms. The van der Waals surface area contributed by atoms with Crippen molar-refractivity contribution in [2.45, 2.75) is 19.4 Å². The van der Waals surface area contributed by atoms with Crippen LogP contribution in [-0.2, 0) is 0 Å². The zero-order valence-electron chi connectivity index (χ0n) is 10.4. The second kappa shape index (κ2) is 6.80. The van der Waals surface area contributed by atoms with Crippen molar-refractivity contribution < 1.29 is 4.42 Å². The maximum Gasteiger partial charge on any atom is 0.139 e. The largest absolute Gasteiger partial charge is 0.466 e. The number of furan rings is 1. The Kier molecular flexibility index (Phi) is 5.34. The molecule has 1 aromatic heterocycles. The average Bonchev–Trinajstić information content (AvgIpc) is 2.79. The van der Waals surface area contributed by atoms with E-state index in [2.05, 4.69) is 28.2 Å². The fourth-order valence-electron chi connectivity index (χ4n) is 1.91. The van der Waals surface area contributed by atoms with E-state index in [9.17, 15) is 0 Å². The van der Waals surface area contributed by atoms with E-state index in [0.29, 0.717) is 10.0 Å². The first-order chi connectivity index (χ1) is 9.15. The van der Waals surface area contributed by atoms with Crippen molar-refractivity contribution in [3.8, 4) is 0 Å². The molecule has 1 heterocycles. The van der Waals surface area contributed by atoms with Crippen LogP contribution in [0.5, 0.6) is 0 Å². The van der Waals surface area contributed by atoms with Gasteiger partial charge in [0, 0.05) is 15.6 Å². The lowest BCUT2D eigenvalue weighted by Gasteiger charge is -2.20. The Morgan fingerprint density at radius 3 is 2.47 bits per heavy atom. The van der Waals surface area contributed by atoms with Gasteiger partial charge in [0.2, 0.25) is 0 Å². The second-order valence-electron chi connectivity index (χ2n) is 4.16. The van der Waals surface area contributed by atoms with Crippen molar-refractivity contribution in [3.63, 3.8) is 0 Å². The molecule has 0 aliphatic heterocycles. The Bertz CT molecular complexity index is 536. The van der Waals surface area contributed by atoms with E-state index in [-0.39, 0.29) is 6.04 Å². The zero-order chi connectivity index (χ0) is 13.8. The quantitative estimate of drug-likeness (QED) is 0.766. The number of halogens is 3. The van der Waals surface area contributed by atoms with Crippen LogP contribution in [0.15, 0.2) is 39.4 Å². The number of benzene rings is 1. The van der Waals surface area contributed by atoms with E-state index in [1.54, 1.807) is 6.26 Å². The van der Waals surface area contributed by atoms with Crippen LogP contribution in [0.4, 0.5) is 0 Å². The van der Waals surface area contributed by atoms with Crippen LogP contribution >= 0.6 is 39.1 Å². The lowest BCUT2D eigenvalue weighted by Crippen LogP contribution is -2.23. The van der Waals surface area contributed by atoms with Crippen LogP contribution in [0.1, 0.15) is 30.7 Å². The van der Waals surface area contributed by atoms with E-state index in [1.165, 1.54) is 0 Å². The summed E-state index contributed by atoms with van der Waals surface area (Å²) < 4.78 is 6.46. The molecule has 1 unspecified atom stereocenters. The predicted molar refractivity (Wildman–Crippen MR) is 83.0 cm³/mol. The van der Waals surface area contributed by atoms with E-state index < -0.39 is 0 Å². The molecule has 19 heavy (non-hydrogen) atoms. The number of rotatable bonds is 5. The molecule has 102 valence electrons. The third-order valence-electron chi connectivity index (χ3n) is 2.79. The lowest BCUT2D eigenvalue weighted by atomic mass is 10.0. The summed E-state index contributed by atoms with van der Waals surface area (Å²) in [5.74, 6) is 0.781. The van der Waals surface area contributed by atoms with Gasteiger partial charge in [0.15, 0.2) is 0 Å². The third kappa shape index (κ3) is 3.34. The Hall–Kier alpha value is -0.480. The van der Waals surface area contributed by atoms with Crippen molar-refractivity contribution in [2.24, 2.45) is 0 Å². The molecule has 0 aliphatic rings. The number of nitrogens with one attached hydrogen (secondary N) is 1. The summed E-state index contributed by atoms with van der Waals surface area (Å²) in [4.78, 5) is 0. The van der Waals surface area contributed by atoms with Crippen molar-refractivity contribution in [2.75, 3.05) is 6.54 Å². The van der Waals surface area contributed by atoms with E-state index in [4.69, 9.17) is 27.6 Å². The molecule has 0 saturated heterocycles. The van der Waals surface area contributed by atoms with Crippen LogP contribution < -0.4 is 5.32 Å². The maximum atomic E-state index is 6.29. The molecule has 0 amide bonds. The maximum absolute atomic E-state index is 6.29. The summed E-state index contributed by atoms with van der Waals surface area (Å²) in [7, 11) is 0. The van der Waals surface area contributed by atoms with Crippen LogP contribution in [0.3, 0.4) is 0 Å². The van der Waals surface area contributed by atoms with Gasteiger partial charge in [-0.2, -0.15) is 0 Å². The Morgan fingerprint density at radius 1 is 1.26 bits per heavy atom. The summed E-state index contributed by atoms with van der Waals surface area (Å²) >= 11 is 16.1. The molecule has 0 aliphatic carbocycles. The lowest BCUT2D eigenvalue weighted by molar-refractivity contribution is 0.444. The number of hydrogen-bond acceptors (Lipinski definition) is 2. The molecular weight excluding hydrogens is 349 g/mol. The molecule has 0 saturated carbocycles. The van der Waals surface area contributed by atoms with Gasteiger partial charge >= 0.3 is 0 Å². The number of hydrogen-bond donors (Lipinski definition) is 1. The van der Waals surface area contributed by atoms with E-state index in [0.717, 1.165) is 28.8 Å². The Balaban J connectivity index is 2.46. The van der Waals surface area contributed by atoms with Crippen molar-refractivity contribution >= 4 is 39.1 Å². The molecule has 1 N–H and O–H groups in total. The van der Waals surface area contributed by atoms with Crippen LogP contribution in [0, 0.1) is 0 Å². The van der Waals surface area contributed by atoms with Gasteiger partial charge in [-0.15, -0.1) is 0 Å². The highest BCUT2D eigenvalue weighted by Crippen LogP contribution is 2.37. The van der Waals surface area contributed by atoms with Gasteiger partial charge in [0.05, 0.1) is 16.8 Å². The minimum atomic E-state index is -0.162. The van der Waals surface area contributed by atoms with E-state index >= 15 is 0 Å². The third-order valence-corrected chi connectivity index (χ3v) is 4.11. The molecular formula is C14H14BrCl2NO. The van der Waals surface area contributed by atoms with Gasteiger partial charge < -0.3 is 9.73 Å². The first-order valence-corrected chi connectivity index (χ1v) is 7.60. The molecule has 1 aromatic carbocycles. The highest BCUT2D eigenvalue weighted by atomic mass is 79.9. The summed E-state index contributed by atoms with van der Waals surface area (Å²) in [6, 6.07) is 7.20. The average molecular weight is 363 g/mol. The van der Waals surface area contributed by atoms with Crippen LogP contribution in [0.2, 0.25) is 10.0 Å². The second-order valence-corrected chi connectivity index (χ2v) is 5.82. The highest BCUT2D eigenvalue weighted by molar-refractivity contribution is 9.10.